The summed E-state index contributed by atoms with van der Waals surface area (Å²) in [4.78, 5) is 0. The third-order valence-corrected chi connectivity index (χ3v) is 2.85. The van der Waals surface area contributed by atoms with Gasteiger partial charge in [-0.1, -0.05) is 0 Å². The number of nitrogens with one attached hydrogen (secondary N) is 1. The molecule has 17 heavy (non-hydrogen) atoms. The summed E-state index contributed by atoms with van der Waals surface area (Å²) >= 11 is 2.93. The summed E-state index contributed by atoms with van der Waals surface area (Å²) in [6.07, 6.45) is 1.31. The molecule has 0 aliphatic heterocycles. The van der Waals surface area contributed by atoms with E-state index in [0.717, 1.165) is 6.07 Å². The van der Waals surface area contributed by atoms with Crippen LogP contribution in [0, 0.1) is 11.6 Å². The Morgan fingerprint density at radius 1 is 1.47 bits per heavy atom. The molecule has 1 aromatic heterocycles. The number of aromatic nitrogens is 2. The fraction of sp³-hybridized carbons (Fsp3) is 0.100. The van der Waals surface area contributed by atoms with E-state index in [9.17, 15) is 8.78 Å². The number of nitrogens with zero attached hydrogens (tertiary/aromatic N) is 1. The number of aromatic amines is 1. The van der Waals surface area contributed by atoms with Gasteiger partial charge in [-0.2, -0.15) is 5.10 Å². The molecular formula is C10H8BrF2N3O. The summed E-state index contributed by atoms with van der Waals surface area (Å²) in [5.74, 6) is -1.41. The number of benzene rings is 1. The van der Waals surface area contributed by atoms with Crippen LogP contribution >= 0.6 is 15.9 Å². The van der Waals surface area contributed by atoms with Crippen LogP contribution in [0.1, 0.15) is 0 Å². The van der Waals surface area contributed by atoms with E-state index in [2.05, 4.69) is 26.1 Å². The molecule has 0 bridgehead atoms. The second kappa shape index (κ2) is 4.33. The molecule has 0 unspecified atom stereocenters. The molecule has 0 atom stereocenters. The van der Waals surface area contributed by atoms with E-state index in [0.29, 0.717) is 0 Å². The van der Waals surface area contributed by atoms with Crippen molar-refractivity contribution in [2.75, 3.05) is 12.8 Å². The van der Waals surface area contributed by atoms with Crippen LogP contribution < -0.4 is 10.5 Å². The molecule has 0 saturated heterocycles. The topological polar surface area (TPSA) is 63.9 Å². The Morgan fingerprint density at radius 2 is 2.18 bits per heavy atom. The van der Waals surface area contributed by atoms with Crippen LogP contribution in [-0.2, 0) is 0 Å². The Hall–Kier alpha value is -1.63. The second-order valence-corrected chi connectivity index (χ2v) is 4.11. The Kier molecular flexibility index (Phi) is 3.01. The first kappa shape index (κ1) is 11.8. The standard InChI is InChI=1S/C10H8BrF2N3O/c1-17-9-6(12)2-5(11)8(13)7(9)4-3-15-16-10(4)14/h2-3H,1H3,(H3,14,15,16). The van der Waals surface area contributed by atoms with Gasteiger partial charge in [-0.3, -0.25) is 5.10 Å². The van der Waals surface area contributed by atoms with Crippen LogP contribution in [0.25, 0.3) is 11.1 Å². The lowest BCUT2D eigenvalue weighted by Gasteiger charge is -2.11. The summed E-state index contributed by atoms with van der Waals surface area (Å²) in [7, 11) is 1.26. The maximum atomic E-state index is 14.0. The van der Waals surface area contributed by atoms with Crippen molar-refractivity contribution in [2.24, 2.45) is 0 Å². The highest BCUT2D eigenvalue weighted by Gasteiger charge is 2.22. The average molecular weight is 304 g/mol. The van der Waals surface area contributed by atoms with Gasteiger partial charge in [0.05, 0.1) is 28.9 Å². The normalized spacial score (nSPS) is 10.6. The lowest BCUT2D eigenvalue weighted by atomic mass is 10.1. The molecule has 1 heterocycles. The first-order valence-electron chi connectivity index (χ1n) is 4.57. The van der Waals surface area contributed by atoms with Crippen molar-refractivity contribution in [3.63, 3.8) is 0 Å². The summed E-state index contributed by atoms with van der Waals surface area (Å²) in [5, 5.41) is 6.12. The van der Waals surface area contributed by atoms with E-state index in [-0.39, 0.29) is 27.2 Å². The minimum absolute atomic E-state index is 0.00796. The van der Waals surface area contributed by atoms with Gasteiger partial charge in [0, 0.05) is 0 Å². The Balaban J connectivity index is 2.80. The zero-order valence-electron chi connectivity index (χ0n) is 8.72. The van der Waals surface area contributed by atoms with Gasteiger partial charge in [0.1, 0.15) is 11.6 Å². The van der Waals surface area contributed by atoms with Crippen LogP contribution in [0.4, 0.5) is 14.6 Å². The van der Waals surface area contributed by atoms with Crippen molar-refractivity contribution in [2.45, 2.75) is 0 Å². The predicted molar refractivity (Wildman–Crippen MR) is 62.6 cm³/mol. The molecule has 2 aromatic rings. The molecule has 4 nitrogen and oxygen atoms in total. The second-order valence-electron chi connectivity index (χ2n) is 3.26. The highest BCUT2D eigenvalue weighted by molar-refractivity contribution is 9.10. The average Bonchev–Trinajstić information content (AvgIpc) is 2.69. The minimum atomic E-state index is -0.684. The van der Waals surface area contributed by atoms with Crippen LogP contribution in [0.3, 0.4) is 0 Å². The number of nitrogen functional groups attached to an aromatic ring is 1. The maximum Gasteiger partial charge on any atom is 0.167 e. The van der Waals surface area contributed by atoms with Gasteiger partial charge in [0.2, 0.25) is 0 Å². The van der Waals surface area contributed by atoms with Crippen LogP contribution in [0.2, 0.25) is 0 Å². The van der Waals surface area contributed by atoms with Crippen molar-refractivity contribution in [1.29, 1.82) is 0 Å². The molecule has 0 fully saturated rings. The fourth-order valence-electron chi connectivity index (χ4n) is 1.51. The summed E-state index contributed by atoms with van der Waals surface area (Å²) in [5.41, 5.74) is 5.77. The SMILES string of the molecule is COc1c(F)cc(Br)c(F)c1-c1cn[nH]c1N. The molecule has 3 N–H and O–H groups in total. The van der Waals surface area contributed by atoms with Crippen molar-refractivity contribution >= 4 is 21.7 Å². The summed E-state index contributed by atoms with van der Waals surface area (Å²) in [6, 6.07) is 0.994. The highest BCUT2D eigenvalue weighted by atomic mass is 79.9. The zero-order valence-corrected chi connectivity index (χ0v) is 10.3. The number of anilines is 1. The van der Waals surface area contributed by atoms with Gasteiger partial charge in [-0.25, -0.2) is 8.78 Å². The van der Waals surface area contributed by atoms with E-state index in [1.165, 1.54) is 13.3 Å². The lowest BCUT2D eigenvalue weighted by Crippen LogP contribution is -1.98. The summed E-state index contributed by atoms with van der Waals surface area (Å²) in [6.45, 7) is 0. The van der Waals surface area contributed by atoms with Crippen LogP contribution in [0.15, 0.2) is 16.7 Å². The third kappa shape index (κ3) is 1.86. The smallest absolute Gasteiger partial charge is 0.167 e. The minimum Gasteiger partial charge on any atom is -0.493 e. The number of rotatable bonds is 2. The van der Waals surface area contributed by atoms with Crippen molar-refractivity contribution in [3.05, 3.63) is 28.4 Å². The number of nitrogens with two attached hydrogens (primary N) is 1. The molecule has 7 heteroatoms. The summed E-state index contributed by atoms with van der Waals surface area (Å²) < 4.78 is 32.5. The Labute approximate surface area is 104 Å². The first-order valence-corrected chi connectivity index (χ1v) is 5.36. The van der Waals surface area contributed by atoms with Gasteiger partial charge in [-0.05, 0) is 22.0 Å². The molecule has 0 aliphatic rings. The van der Waals surface area contributed by atoms with E-state index < -0.39 is 11.6 Å². The van der Waals surface area contributed by atoms with E-state index in [1.807, 2.05) is 0 Å². The number of halogens is 3. The van der Waals surface area contributed by atoms with Crippen molar-refractivity contribution < 1.29 is 13.5 Å². The van der Waals surface area contributed by atoms with Gasteiger partial charge in [0.15, 0.2) is 11.6 Å². The lowest BCUT2D eigenvalue weighted by molar-refractivity contribution is 0.384. The van der Waals surface area contributed by atoms with Gasteiger partial charge in [0.25, 0.3) is 0 Å². The molecule has 0 spiro atoms. The van der Waals surface area contributed by atoms with Gasteiger partial charge in [-0.15, -0.1) is 0 Å². The molecule has 90 valence electrons. The van der Waals surface area contributed by atoms with Crippen molar-refractivity contribution in [3.8, 4) is 16.9 Å². The number of H-pyrrole nitrogens is 1. The van der Waals surface area contributed by atoms with E-state index >= 15 is 0 Å². The molecule has 0 aliphatic carbocycles. The van der Waals surface area contributed by atoms with Crippen LogP contribution in [0.5, 0.6) is 5.75 Å². The number of methoxy groups -OCH3 is 1. The Bertz CT molecular complexity index is 571. The first-order chi connectivity index (χ1) is 8.06. The monoisotopic (exact) mass is 303 g/mol. The van der Waals surface area contributed by atoms with Crippen LogP contribution in [-0.4, -0.2) is 17.3 Å². The zero-order chi connectivity index (χ0) is 12.6. The maximum absolute atomic E-state index is 14.0. The quantitative estimate of drug-likeness (QED) is 0.839. The fourth-order valence-corrected chi connectivity index (χ4v) is 1.91. The van der Waals surface area contributed by atoms with Gasteiger partial charge < -0.3 is 10.5 Å². The molecule has 0 radical (unpaired) electrons. The van der Waals surface area contributed by atoms with E-state index in [1.54, 1.807) is 0 Å². The van der Waals surface area contributed by atoms with Gasteiger partial charge >= 0.3 is 0 Å². The Morgan fingerprint density at radius 3 is 2.71 bits per heavy atom. The van der Waals surface area contributed by atoms with Crippen molar-refractivity contribution in [1.82, 2.24) is 10.2 Å². The number of ether oxygens (including phenoxy) is 1. The predicted octanol–water partition coefficient (Wildman–Crippen LogP) is 2.71. The molecule has 0 amide bonds. The third-order valence-electron chi connectivity index (χ3n) is 2.27. The van der Waals surface area contributed by atoms with E-state index in [4.69, 9.17) is 10.5 Å². The largest absolute Gasteiger partial charge is 0.493 e. The number of hydrogen-bond donors (Lipinski definition) is 2. The molecule has 0 saturated carbocycles. The number of hydrogen-bond acceptors (Lipinski definition) is 3. The molecule has 1 aromatic carbocycles. The highest BCUT2D eigenvalue weighted by Crippen LogP contribution is 2.39. The molecular weight excluding hydrogens is 296 g/mol. The molecule has 2 rings (SSSR count).